The molecule has 1 amide bonds. The van der Waals surface area contributed by atoms with Gasteiger partial charge in [-0.3, -0.25) is 9.59 Å². The third-order valence-corrected chi connectivity index (χ3v) is 5.21. The lowest BCUT2D eigenvalue weighted by atomic mass is 9.66. The zero-order valence-corrected chi connectivity index (χ0v) is 12.8. The van der Waals surface area contributed by atoms with Gasteiger partial charge in [0, 0.05) is 5.54 Å². The smallest absolute Gasteiger partial charge is 0.311 e. The summed E-state index contributed by atoms with van der Waals surface area (Å²) >= 11 is 0. The highest BCUT2D eigenvalue weighted by Crippen LogP contribution is 2.75. The van der Waals surface area contributed by atoms with Crippen LogP contribution in [-0.2, 0) is 9.59 Å². The van der Waals surface area contributed by atoms with E-state index in [0.717, 1.165) is 6.42 Å². The van der Waals surface area contributed by atoms with Crippen LogP contribution in [0.25, 0.3) is 0 Å². The van der Waals surface area contributed by atoms with Crippen LogP contribution in [0.5, 0.6) is 0 Å². The van der Waals surface area contributed by atoms with Gasteiger partial charge >= 0.3 is 5.97 Å². The van der Waals surface area contributed by atoms with Gasteiger partial charge in [0.05, 0.1) is 10.8 Å². The fourth-order valence-corrected chi connectivity index (χ4v) is 4.07. The fourth-order valence-electron chi connectivity index (χ4n) is 4.07. The molecular weight excluding hydrogens is 254 g/mol. The normalized spacial score (nSPS) is 39.0. The summed E-state index contributed by atoms with van der Waals surface area (Å²) in [7, 11) is 0. The van der Waals surface area contributed by atoms with E-state index < -0.39 is 16.8 Å². The number of allylic oxidation sites excluding steroid dienone is 1. The van der Waals surface area contributed by atoms with E-state index in [1.165, 1.54) is 0 Å². The standard InChI is InChI=1S/C16H25NO3/c1-6-7-10-8-11-9-16(11,13(19)20)15(10,5)12(18)17-14(2,3)4/h6,10-11H,1,7-9H2,2-5H3,(H,17,18)(H,19,20)/t10?,11-,15?,16+/m1/s1. The minimum absolute atomic E-state index is 0.0669. The van der Waals surface area contributed by atoms with Crippen LogP contribution in [0.2, 0.25) is 0 Å². The number of carboxylic acids is 1. The molecule has 112 valence electrons. The van der Waals surface area contributed by atoms with E-state index in [9.17, 15) is 14.7 Å². The summed E-state index contributed by atoms with van der Waals surface area (Å²) in [4.78, 5) is 24.6. The van der Waals surface area contributed by atoms with E-state index >= 15 is 0 Å². The average Bonchev–Trinajstić information content (AvgIpc) is 2.95. The van der Waals surface area contributed by atoms with Crippen LogP contribution >= 0.6 is 0 Å². The monoisotopic (exact) mass is 279 g/mol. The molecule has 2 unspecified atom stereocenters. The molecule has 2 aliphatic carbocycles. The summed E-state index contributed by atoms with van der Waals surface area (Å²) in [5.41, 5.74) is -2.06. The molecule has 0 spiro atoms. The summed E-state index contributed by atoms with van der Waals surface area (Å²) in [6.45, 7) is 11.3. The Morgan fingerprint density at radius 2 is 2.05 bits per heavy atom. The highest BCUT2D eigenvalue weighted by atomic mass is 16.4. The first kappa shape index (κ1) is 15.1. The number of carboxylic acid groups (broad SMARTS) is 1. The molecule has 20 heavy (non-hydrogen) atoms. The van der Waals surface area contributed by atoms with Gasteiger partial charge in [0.2, 0.25) is 5.91 Å². The molecule has 2 rings (SSSR count). The molecular formula is C16H25NO3. The highest BCUT2D eigenvalue weighted by Gasteiger charge is 2.78. The number of nitrogens with one attached hydrogen (secondary N) is 1. The second-order valence-electron chi connectivity index (χ2n) is 7.54. The van der Waals surface area contributed by atoms with E-state index in [1.807, 2.05) is 27.7 Å². The van der Waals surface area contributed by atoms with Crippen LogP contribution in [0.15, 0.2) is 12.7 Å². The third kappa shape index (κ3) is 1.88. The Balaban J connectivity index is 2.38. The largest absolute Gasteiger partial charge is 0.481 e. The Hall–Kier alpha value is -1.32. The van der Waals surface area contributed by atoms with E-state index in [1.54, 1.807) is 6.08 Å². The Labute approximate surface area is 120 Å². The maximum Gasteiger partial charge on any atom is 0.311 e. The molecule has 2 aliphatic rings. The van der Waals surface area contributed by atoms with Gasteiger partial charge in [-0.2, -0.15) is 0 Å². The Morgan fingerprint density at radius 3 is 2.50 bits per heavy atom. The van der Waals surface area contributed by atoms with Crippen LogP contribution in [0.4, 0.5) is 0 Å². The maximum absolute atomic E-state index is 12.8. The maximum atomic E-state index is 12.8. The number of aliphatic carboxylic acids is 1. The van der Waals surface area contributed by atoms with Gasteiger partial charge < -0.3 is 10.4 Å². The molecule has 4 atom stereocenters. The molecule has 4 nitrogen and oxygen atoms in total. The molecule has 0 saturated heterocycles. The van der Waals surface area contributed by atoms with Gasteiger partial charge in [-0.05, 0) is 58.8 Å². The van der Waals surface area contributed by atoms with E-state index in [2.05, 4.69) is 11.9 Å². The minimum atomic E-state index is -0.865. The second kappa shape index (κ2) is 4.34. The quantitative estimate of drug-likeness (QED) is 0.777. The molecule has 0 aliphatic heterocycles. The molecule has 0 aromatic carbocycles. The van der Waals surface area contributed by atoms with Crippen LogP contribution in [0.1, 0.15) is 47.0 Å². The Bertz CT molecular complexity index is 465. The number of fused-ring (bicyclic) bond motifs is 1. The topological polar surface area (TPSA) is 66.4 Å². The van der Waals surface area contributed by atoms with Crippen molar-refractivity contribution >= 4 is 11.9 Å². The van der Waals surface area contributed by atoms with Gasteiger partial charge in [-0.1, -0.05) is 6.08 Å². The Morgan fingerprint density at radius 1 is 1.45 bits per heavy atom. The molecule has 2 N–H and O–H groups in total. The molecule has 0 aromatic rings. The van der Waals surface area contributed by atoms with Crippen molar-refractivity contribution in [3.05, 3.63) is 12.7 Å². The molecule has 0 radical (unpaired) electrons. The van der Waals surface area contributed by atoms with Crippen LogP contribution < -0.4 is 5.32 Å². The zero-order chi connectivity index (χ0) is 15.3. The summed E-state index contributed by atoms with van der Waals surface area (Å²) in [6.07, 6.45) is 3.93. The third-order valence-electron chi connectivity index (χ3n) is 5.21. The highest BCUT2D eigenvalue weighted by molar-refractivity contribution is 5.94. The summed E-state index contributed by atoms with van der Waals surface area (Å²) < 4.78 is 0. The Kier molecular flexibility index (Phi) is 3.27. The molecule has 0 bridgehead atoms. The van der Waals surface area contributed by atoms with E-state index in [0.29, 0.717) is 12.8 Å². The number of hydrogen-bond donors (Lipinski definition) is 2. The molecule has 0 heterocycles. The lowest BCUT2D eigenvalue weighted by Gasteiger charge is -2.39. The number of amides is 1. The number of carbonyl (C=O) groups excluding carboxylic acids is 1. The van der Waals surface area contributed by atoms with Crippen LogP contribution in [-0.4, -0.2) is 22.5 Å². The average molecular weight is 279 g/mol. The summed E-state index contributed by atoms with van der Waals surface area (Å²) in [6, 6.07) is 0. The molecule has 0 aromatic heterocycles. The summed E-state index contributed by atoms with van der Waals surface area (Å²) in [5, 5.41) is 12.7. The lowest BCUT2D eigenvalue weighted by molar-refractivity contribution is -0.157. The van der Waals surface area contributed by atoms with E-state index in [4.69, 9.17) is 0 Å². The van der Waals surface area contributed by atoms with Crippen molar-refractivity contribution in [2.24, 2.45) is 22.7 Å². The van der Waals surface area contributed by atoms with Crippen molar-refractivity contribution in [3.63, 3.8) is 0 Å². The predicted octanol–water partition coefficient (Wildman–Crippen LogP) is 2.59. The van der Waals surface area contributed by atoms with Crippen molar-refractivity contribution in [2.45, 2.75) is 52.5 Å². The molecule has 4 heteroatoms. The van der Waals surface area contributed by atoms with E-state index in [-0.39, 0.29) is 23.3 Å². The van der Waals surface area contributed by atoms with Gasteiger partial charge in [0.15, 0.2) is 0 Å². The van der Waals surface area contributed by atoms with Crippen LogP contribution in [0.3, 0.4) is 0 Å². The predicted molar refractivity (Wildman–Crippen MR) is 77.1 cm³/mol. The number of hydrogen-bond acceptors (Lipinski definition) is 2. The molecule has 2 saturated carbocycles. The first-order valence-corrected chi connectivity index (χ1v) is 7.26. The van der Waals surface area contributed by atoms with Gasteiger partial charge in [0.25, 0.3) is 0 Å². The fraction of sp³-hybridized carbons (Fsp3) is 0.750. The molecule has 2 fully saturated rings. The SMILES string of the molecule is C=CCC1C[C@@H]2C[C@]2(C(=O)O)C1(C)C(=O)NC(C)(C)C. The van der Waals surface area contributed by atoms with Crippen molar-refractivity contribution in [2.75, 3.05) is 0 Å². The zero-order valence-electron chi connectivity index (χ0n) is 12.8. The lowest BCUT2D eigenvalue weighted by Crippen LogP contribution is -2.54. The van der Waals surface area contributed by atoms with Crippen molar-refractivity contribution < 1.29 is 14.7 Å². The number of carbonyl (C=O) groups is 2. The number of rotatable bonds is 4. The van der Waals surface area contributed by atoms with Gasteiger partial charge in [-0.15, -0.1) is 6.58 Å². The first-order valence-electron chi connectivity index (χ1n) is 7.26. The van der Waals surface area contributed by atoms with Crippen molar-refractivity contribution in [1.82, 2.24) is 5.32 Å². The van der Waals surface area contributed by atoms with Crippen molar-refractivity contribution in [3.8, 4) is 0 Å². The first-order chi connectivity index (χ1) is 9.09. The second-order valence-corrected chi connectivity index (χ2v) is 7.54. The summed E-state index contributed by atoms with van der Waals surface area (Å²) in [5.74, 6) is -0.738. The van der Waals surface area contributed by atoms with Gasteiger partial charge in [0.1, 0.15) is 0 Å². The minimum Gasteiger partial charge on any atom is -0.481 e. The van der Waals surface area contributed by atoms with Crippen LogP contribution in [0, 0.1) is 22.7 Å². The van der Waals surface area contributed by atoms with Gasteiger partial charge in [-0.25, -0.2) is 0 Å². The van der Waals surface area contributed by atoms with Crippen molar-refractivity contribution in [1.29, 1.82) is 0 Å².